The lowest BCUT2D eigenvalue weighted by Gasteiger charge is -2.16. The molecular weight excluding hydrogens is 380 g/mol. The van der Waals surface area contributed by atoms with Gasteiger partial charge in [0, 0.05) is 12.1 Å². The van der Waals surface area contributed by atoms with Gasteiger partial charge < -0.3 is 14.4 Å². The molecule has 2 aromatic rings. The molecule has 2 heterocycles. The number of ether oxygens (including phenoxy) is 2. The maximum atomic E-state index is 12.6. The smallest absolute Gasteiger partial charge is 0.246 e. The van der Waals surface area contributed by atoms with Crippen molar-refractivity contribution in [1.82, 2.24) is 15.1 Å². The molecule has 0 saturated heterocycles. The Morgan fingerprint density at radius 3 is 2.61 bits per heavy atom. The van der Waals surface area contributed by atoms with Crippen LogP contribution in [-0.2, 0) is 16.0 Å². The molecule has 1 N–H and O–H groups in total. The van der Waals surface area contributed by atoms with E-state index in [1.54, 1.807) is 32.6 Å². The molecule has 0 spiro atoms. The van der Waals surface area contributed by atoms with Gasteiger partial charge in [0.1, 0.15) is 11.6 Å². The molecule has 0 atom stereocenters. The lowest BCUT2D eigenvalue weighted by molar-refractivity contribution is -0.131. The van der Waals surface area contributed by atoms with Crippen LogP contribution in [0, 0.1) is 0 Å². The summed E-state index contributed by atoms with van der Waals surface area (Å²) in [5.74, 6) is 0.876. The quantitative estimate of drug-likeness (QED) is 0.798. The number of carbonyl (C=O) groups is 2. The Morgan fingerprint density at radius 2 is 1.96 bits per heavy atom. The third-order valence-electron chi connectivity index (χ3n) is 4.24. The van der Waals surface area contributed by atoms with Crippen molar-refractivity contribution in [3.63, 3.8) is 0 Å². The van der Waals surface area contributed by atoms with E-state index in [2.05, 4.69) is 15.5 Å². The largest absolute Gasteiger partial charge is 0.493 e. The first-order chi connectivity index (χ1) is 13.4. The van der Waals surface area contributed by atoms with Crippen molar-refractivity contribution in [2.24, 2.45) is 0 Å². The average Bonchev–Trinajstić information content (AvgIpc) is 3.08. The van der Waals surface area contributed by atoms with Gasteiger partial charge in [0.2, 0.25) is 16.9 Å². The summed E-state index contributed by atoms with van der Waals surface area (Å²) in [7, 11) is 3.11. The molecule has 1 aromatic heterocycles. The summed E-state index contributed by atoms with van der Waals surface area (Å²) in [5, 5.41) is 12.0. The Morgan fingerprint density at radius 1 is 1.25 bits per heavy atom. The van der Waals surface area contributed by atoms with E-state index in [0.717, 1.165) is 16.1 Å². The summed E-state index contributed by atoms with van der Waals surface area (Å²) in [6, 6.07) is 3.60. The standard InChI is InChI=1S/C19H22N4O4S/c1-11(2)18-21-22-19(28-18)20-16(24)10-23-6-5-12-7-14(26-3)15(27-4)8-13(12)9-17(23)25/h5-8,11H,9-10H2,1-4H3,(H,20,22,24). The molecule has 1 aliphatic rings. The van der Waals surface area contributed by atoms with Crippen LogP contribution in [0.25, 0.3) is 6.08 Å². The molecule has 0 radical (unpaired) electrons. The highest BCUT2D eigenvalue weighted by Gasteiger charge is 2.22. The van der Waals surface area contributed by atoms with E-state index in [9.17, 15) is 9.59 Å². The van der Waals surface area contributed by atoms with Crippen molar-refractivity contribution in [2.45, 2.75) is 26.2 Å². The summed E-state index contributed by atoms with van der Waals surface area (Å²) in [6.45, 7) is 3.91. The molecule has 0 unspecified atom stereocenters. The van der Waals surface area contributed by atoms with Crippen LogP contribution in [-0.4, -0.2) is 47.7 Å². The van der Waals surface area contributed by atoms with Gasteiger partial charge in [-0.15, -0.1) is 10.2 Å². The number of nitrogens with zero attached hydrogens (tertiary/aromatic N) is 3. The molecule has 8 nitrogen and oxygen atoms in total. The number of benzene rings is 1. The molecule has 0 fully saturated rings. The summed E-state index contributed by atoms with van der Waals surface area (Å²) >= 11 is 1.33. The normalized spacial score (nSPS) is 13.3. The Hall–Kier alpha value is -2.94. The van der Waals surface area contributed by atoms with Crippen LogP contribution in [0.2, 0.25) is 0 Å². The number of methoxy groups -OCH3 is 2. The molecule has 0 aliphatic carbocycles. The van der Waals surface area contributed by atoms with Gasteiger partial charge >= 0.3 is 0 Å². The summed E-state index contributed by atoms with van der Waals surface area (Å²) in [5.41, 5.74) is 1.66. The zero-order chi connectivity index (χ0) is 20.3. The van der Waals surface area contributed by atoms with Gasteiger partial charge in [-0.25, -0.2) is 0 Å². The third kappa shape index (κ3) is 4.30. The fourth-order valence-corrected chi connectivity index (χ4v) is 3.50. The zero-order valence-electron chi connectivity index (χ0n) is 16.2. The maximum absolute atomic E-state index is 12.6. The van der Waals surface area contributed by atoms with E-state index in [1.807, 2.05) is 19.9 Å². The molecule has 1 aliphatic heterocycles. The number of nitrogens with one attached hydrogen (secondary N) is 1. The molecule has 2 amide bonds. The highest BCUT2D eigenvalue weighted by atomic mass is 32.1. The fourth-order valence-electron chi connectivity index (χ4n) is 2.74. The number of rotatable bonds is 6. The average molecular weight is 402 g/mol. The monoisotopic (exact) mass is 402 g/mol. The molecule has 9 heteroatoms. The van der Waals surface area contributed by atoms with E-state index in [0.29, 0.717) is 16.6 Å². The van der Waals surface area contributed by atoms with Gasteiger partial charge in [-0.1, -0.05) is 25.2 Å². The van der Waals surface area contributed by atoms with Gasteiger partial charge in [-0.05, 0) is 29.3 Å². The van der Waals surface area contributed by atoms with Crippen LogP contribution in [0.4, 0.5) is 5.13 Å². The van der Waals surface area contributed by atoms with Crippen LogP contribution >= 0.6 is 11.3 Å². The topological polar surface area (TPSA) is 93.7 Å². The number of amides is 2. The molecular formula is C19H22N4O4S. The van der Waals surface area contributed by atoms with Crippen LogP contribution in [0.1, 0.15) is 35.9 Å². The first kappa shape index (κ1) is 19.8. The van der Waals surface area contributed by atoms with Gasteiger partial charge in [0.05, 0.1) is 20.6 Å². The Bertz CT molecular complexity index is 923. The highest BCUT2D eigenvalue weighted by Crippen LogP contribution is 2.32. The Kier molecular flexibility index (Phi) is 5.93. The van der Waals surface area contributed by atoms with Crippen molar-refractivity contribution in [3.05, 3.63) is 34.5 Å². The first-order valence-electron chi connectivity index (χ1n) is 8.77. The van der Waals surface area contributed by atoms with Gasteiger partial charge in [0.25, 0.3) is 0 Å². The highest BCUT2D eigenvalue weighted by molar-refractivity contribution is 7.15. The number of carbonyl (C=O) groups excluding carboxylic acids is 2. The second-order valence-corrected chi connectivity index (χ2v) is 7.58. The van der Waals surface area contributed by atoms with Crippen LogP contribution in [0.3, 0.4) is 0 Å². The SMILES string of the molecule is COc1cc2c(cc1OC)CC(=O)N(CC(=O)Nc1nnc(C(C)C)s1)C=C2. The minimum atomic E-state index is -0.328. The third-order valence-corrected chi connectivity index (χ3v) is 5.38. The Labute approximate surface area is 167 Å². The second kappa shape index (κ2) is 8.39. The first-order valence-corrected chi connectivity index (χ1v) is 9.58. The molecule has 0 saturated carbocycles. The molecule has 1 aromatic carbocycles. The minimum absolute atomic E-state index is 0.103. The summed E-state index contributed by atoms with van der Waals surface area (Å²) < 4.78 is 10.6. The van der Waals surface area contributed by atoms with Crippen LogP contribution in [0.5, 0.6) is 11.5 Å². The number of hydrogen-bond acceptors (Lipinski definition) is 7. The fraction of sp³-hybridized carbons (Fsp3) is 0.368. The van der Waals surface area contributed by atoms with E-state index in [-0.39, 0.29) is 30.7 Å². The predicted molar refractivity (Wildman–Crippen MR) is 107 cm³/mol. The number of aromatic nitrogens is 2. The minimum Gasteiger partial charge on any atom is -0.493 e. The van der Waals surface area contributed by atoms with E-state index in [1.165, 1.54) is 16.2 Å². The van der Waals surface area contributed by atoms with Crippen LogP contribution in [0.15, 0.2) is 18.3 Å². The van der Waals surface area contributed by atoms with Crippen molar-refractivity contribution >= 4 is 34.4 Å². The van der Waals surface area contributed by atoms with Gasteiger partial charge in [-0.2, -0.15) is 0 Å². The zero-order valence-corrected chi connectivity index (χ0v) is 17.0. The second-order valence-electron chi connectivity index (χ2n) is 6.57. The number of hydrogen-bond donors (Lipinski definition) is 1. The van der Waals surface area contributed by atoms with Crippen molar-refractivity contribution in [1.29, 1.82) is 0 Å². The van der Waals surface area contributed by atoms with E-state index >= 15 is 0 Å². The lowest BCUT2D eigenvalue weighted by Crippen LogP contribution is -2.34. The van der Waals surface area contributed by atoms with Gasteiger partial charge in [0.15, 0.2) is 11.5 Å². The van der Waals surface area contributed by atoms with E-state index in [4.69, 9.17) is 9.47 Å². The predicted octanol–water partition coefficient (Wildman–Crippen LogP) is 2.67. The van der Waals surface area contributed by atoms with Gasteiger partial charge in [-0.3, -0.25) is 14.9 Å². The van der Waals surface area contributed by atoms with Crippen molar-refractivity contribution < 1.29 is 19.1 Å². The molecule has 28 heavy (non-hydrogen) atoms. The number of fused-ring (bicyclic) bond motifs is 1. The van der Waals surface area contributed by atoms with E-state index < -0.39 is 0 Å². The summed E-state index contributed by atoms with van der Waals surface area (Å²) in [6.07, 6.45) is 3.56. The molecule has 0 bridgehead atoms. The van der Waals surface area contributed by atoms with Crippen molar-refractivity contribution in [3.8, 4) is 11.5 Å². The summed E-state index contributed by atoms with van der Waals surface area (Å²) in [4.78, 5) is 26.3. The molecule has 3 rings (SSSR count). The number of anilines is 1. The van der Waals surface area contributed by atoms with Crippen molar-refractivity contribution in [2.75, 3.05) is 26.1 Å². The Balaban J connectivity index is 1.71. The van der Waals surface area contributed by atoms with Crippen LogP contribution < -0.4 is 14.8 Å². The molecule has 148 valence electrons. The lowest BCUT2D eigenvalue weighted by atomic mass is 10.0. The maximum Gasteiger partial charge on any atom is 0.246 e.